The van der Waals surface area contributed by atoms with Gasteiger partial charge >= 0.3 is 5.97 Å². The molecule has 0 spiro atoms. The van der Waals surface area contributed by atoms with Crippen LogP contribution in [0.15, 0.2) is 36.4 Å². The lowest BCUT2D eigenvalue weighted by Gasteiger charge is -2.05. The van der Waals surface area contributed by atoms with Crippen molar-refractivity contribution in [3.05, 3.63) is 53.3 Å². The highest BCUT2D eigenvalue weighted by molar-refractivity contribution is 7.00. The molecule has 0 unspecified atom stereocenters. The molecule has 21 heavy (non-hydrogen) atoms. The molecule has 0 aliphatic rings. The highest BCUT2D eigenvalue weighted by atomic mass is 32.1. The van der Waals surface area contributed by atoms with E-state index < -0.39 is 5.97 Å². The maximum atomic E-state index is 10.9. The third-order valence-electron chi connectivity index (χ3n) is 2.98. The van der Waals surface area contributed by atoms with Crippen LogP contribution in [-0.4, -0.2) is 24.8 Å². The summed E-state index contributed by atoms with van der Waals surface area (Å²) in [7, 11) is 0. The number of nitrogens with one attached hydrogen (secondary N) is 1. The van der Waals surface area contributed by atoms with Gasteiger partial charge in [0.25, 0.3) is 0 Å². The lowest BCUT2D eigenvalue weighted by atomic mass is 10.2. The Balaban J connectivity index is 1.62. The standard InChI is InChI=1S/C14H12N4O2S/c19-14(20)12-3-1-2-10(16-12)8-15-7-9-4-5-11-13(6-9)18-21-17-11/h1-6,15H,7-8H2,(H,19,20). The Hall–Kier alpha value is -2.38. The van der Waals surface area contributed by atoms with Crippen molar-refractivity contribution in [1.82, 2.24) is 19.0 Å². The minimum Gasteiger partial charge on any atom is -0.477 e. The second-order valence-corrected chi connectivity index (χ2v) is 5.04. The Kier molecular flexibility index (Phi) is 3.85. The van der Waals surface area contributed by atoms with Gasteiger partial charge in [0.15, 0.2) is 0 Å². The first-order valence-electron chi connectivity index (χ1n) is 6.33. The summed E-state index contributed by atoms with van der Waals surface area (Å²) < 4.78 is 8.36. The number of rotatable bonds is 5. The minimum absolute atomic E-state index is 0.0595. The smallest absolute Gasteiger partial charge is 0.354 e. The van der Waals surface area contributed by atoms with Crippen molar-refractivity contribution >= 4 is 28.7 Å². The minimum atomic E-state index is -1.02. The number of pyridine rings is 1. The summed E-state index contributed by atoms with van der Waals surface area (Å²) in [5.41, 5.74) is 3.66. The quantitative estimate of drug-likeness (QED) is 0.750. The van der Waals surface area contributed by atoms with E-state index in [2.05, 4.69) is 19.0 Å². The molecule has 3 aromatic rings. The molecule has 0 atom stereocenters. The average Bonchev–Trinajstić information content (AvgIpc) is 2.95. The van der Waals surface area contributed by atoms with Gasteiger partial charge in [-0.2, -0.15) is 8.75 Å². The number of carboxylic acid groups (broad SMARTS) is 1. The van der Waals surface area contributed by atoms with Crippen LogP contribution in [0.4, 0.5) is 0 Å². The molecule has 6 nitrogen and oxygen atoms in total. The summed E-state index contributed by atoms with van der Waals surface area (Å²) in [6.45, 7) is 1.17. The number of carboxylic acids is 1. The van der Waals surface area contributed by atoms with Crippen molar-refractivity contribution in [2.75, 3.05) is 0 Å². The molecule has 1 aromatic carbocycles. The number of hydrogen-bond donors (Lipinski definition) is 2. The summed E-state index contributed by atoms with van der Waals surface area (Å²) in [5, 5.41) is 12.1. The highest BCUT2D eigenvalue weighted by Crippen LogP contribution is 2.13. The fraction of sp³-hybridized carbons (Fsp3) is 0.143. The van der Waals surface area contributed by atoms with Crippen molar-refractivity contribution in [3.63, 3.8) is 0 Å². The molecule has 0 amide bonds. The maximum Gasteiger partial charge on any atom is 0.354 e. The molecule has 0 saturated carbocycles. The topological polar surface area (TPSA) is 88.0 Å². The van der Waals surface area contributed by atoms with Gasteiger partial charge in [0, 0.05) is 13.1 Å². The van der Waals surface area contributed by atoms with Gasteiger partial charge in [-0.3, -0.25) is 0 Å². The second kappa shape index (κ2) is 5.94. The SMILES string of the molecule is O=C(O)c1cccc(CNCc2ccc3nsnc3c2)n1. The van der Waals surface area contributed by atoms with Gasteiger partial charge in [-0.05, 0) is 29.8 Å². The van der Waals surface area contributed by atoms with Crippen molar-refractivity contribution in [2.24, 2.45) is 0 Å². The first kappa shape index (κ1) is 13.6. The summed E-state index contributed by atoms with van der Waals surface area (Å²) in [6, 6.07) is 10.9. The highest BCUT2D eigenvalue weighted by Gasteiger charge is 2.05. The van der Waals surface area contributed by atoms with E-state index in [1.54, 1.807) is 12.1 Å². The lowest BCUT2D eigenvalue weighted by molar-refractivity contribution is 0.0690. The summed E-state index contributed by atoms with van der Waals surface area (Å²) >= 11 is 1.20. The van der Waals surface area contributed by atoms with E-state index in [-0.39, 0.29) is 5.69 Å². The first-order chi connectivity index (χ1) is 10.2. The van der Waals surface area contributed by atoms with Crippen LogP contribution in [0.3, 0.4) is 0 Å². The number of benzene rings is 1. The number of aromatic carboxylic acids is 1. The number of fused-ring (bicyclic) bond motifs is 1. The van der Waals surface area contributed by atoms with Crippen LogP contribution in [0, 0.1) is 0 Å². The third kappa shape index (κ3) is 3.21. The van der Waals surface area contributed by atoms with E-state index in [4.69, 9.17) is 5.11 Å². The molecule has 0 bridgehead atoms. The van der Waals surface area contributed by atoms with Crippen LogP contribution in [0.25, 0.3) is 11.0 Å². The predicted molar refractivity (Wildman–Crippen MR) is 79.2 cm³/mol. The normalized spacial score (nSPS) is 10.9. The fourth-order valence-electron chi connectivity index (χ4n) is 1.97. The molecule has 0 radical (unpaired) electrons. The number of aromatic nitrogens is 3. The van der Waals surface area contributed by atoms with Crippen molar-refractivity contribution in [3.8, 4) is 0 Å². The monoisotopic (exact) mass is 300 g/mol. The van der Waals surface area contributed by atoms with Gasteiger partial charge in [-0.15, -0.1) is 0 Å². The second-order valence-electron chi connectivity index (χ2n) is 4.51. The number of carbonyl (C=O) groups is 1. The van der Waals surface area contributed by atoms with Gasteiger partial charge in [0.1, 0.15) is 16.7 Å². The number of nitrogens with zero attached hydrogens (tertiary/aromatic N) is 3. The van der Waals surface area contributed by atoms with Crippen LogP contribution in [0.2, 0.25) is 0 Å². The molecule has 0 saturated heterocycles. The maximum absolute atomic E-state index is 10.9. The molecular formula is C14H12N4O2S. The largest absolute Gasteiger partial charge is 0.477 e. The van der Waals surface area contributed by atoms with E-state index in [1.165, 1.54) is 17.8 Å². The van der Waals surface area contributed by atoms with Crippen LogP contribution < -0.4 is 5.32 Å². The predicted octanol–water partition coefficient (Wildman–Crippen LogP) is 2.07. The zero-order valence-electron chi connectivity index (χ0n) is 11.0. The molecule has 0 aliphatic carbocycles. The molecule has 2 N–H and O–H groups in total. The Morgan fingerprint density at radius 2 is 2.00 bits per heavy atom. The molecule has 3 rings (SSSR count). The van der Waals surface area contributed by atoms with Crippen molar-refractivity contribution in [1.29, 1.82) is 0 Å². The van der Waals surface area contributed by atoms with E-state index in [0.29, 0.717) is 18.8 Å². The van der Waals surface area contributed by atoms with Gasteiger partial charge in [-0.1, -0.05) is 12.1 Å². The van der Waals surface area contributed by atoms with E-state index in [0.717, 1.165) is 16.6 Å². The van der Waals surface area contributed by atoms with Crippen LogP contribution in [0.5, 0.6) is 0 Å². The van der Waals surface area contributed by atoms with Gasteiger partial charge in [0.2, 0.25) is 0 Å². The molecule has 0 fully saturated rings. The van der Waals surface area contributed by atoms with Crippen LogP contribution in [0.1, 0.15) is 21.7 Å². The first-order valence-corrected chi connectivity index (χ1v) is 7.06. The summed E-state index contributed by atoms with van der Waals surface area (Å²) in [6.07, 6.45) is 0. The molecule has 0 aliphatic heterocycles. The Morgan fingerprint density at radius 1 is 1.14 bits per heavy atom. The zero-order valence-corrected chi connectivity index (χ0v) is 11.8. The van der Waals surface area contributed by atoms with Crippen molar-refractivity contribution in [2.45, 2.75) is 13.1 Å². The van der Waals surface area contributed by atoms with E-state index in [1.807, 2.05) is 18.2 Å². The number of hydrogen-bond acceptors (Lipinski definition) is 6. The molecule has 7 heteroatoms. The van der Waals surface area contributed by atoms with Crippen LogP contribution in [-0.2, 0) is 13.1 Å². The van der Waals surface area contributed by atoms with Gasteiger partial charge < -0.3 is 10.4 Å². The Bertz CT molecular complexity index is 787. The third-order valence-corrected chi connectivity index (χ3v) is 3.54. The Labute approximate surface area is 124 Å². The summed E-state index contributed by atoms with van der Waals surface area (Å²) in [4.78, 5) is 14.9. The lowest BCUT2D eigenvalue weighted by Crippen LogP contribution is -2.14. The summed E-state index contributed by atoms with van der Waals surface area (Å²) in [5.74, 6) is -1.02. The fourth-order valence-corrected chi connectivity index (χ4v) is 2.49. The average molecular weight is 300 g/mol. The molecular weight excluding hydrogens is 288 g/mol. The van der Waals surface area contributed by atoms with E-state index in [9.17, 15) is 4.79 Å². The van der Waals surface area contributed by atoms with E-state index >= 15 is 0 Å². The zero-order chi connectivity index (χ0) is 14.7. The van der Waals surface area contributed by atoms with Crippen molar-refractivity contribution < 1.29 is 9.90 Å². The molecule has 2 heterocycles. The van der Waals surface area contributed by atoms with Gasteiger partial charge in [-0.25, -0.2) is 9.78 Å². The Morgan fingerprint density at radius 3 is 2.86 bits per heavy atom. The van der Waals surface area contributed by atoms with Crippen LogP contribution >= 0.6 is 11.7 Å². The molecule has 2 aromatic heterocycles. The molecule has 106 valence electrons. The van der Waals surface area contributed by atoms with Gasteiger partial charge in [0.05, 0.1) is 17.4 Å².